The number of hydrogen-bond acceptors (Lipinski definition) is 5. The van der Waals surface area contributed by atoms with Crippen LogP contribution in [0.2, 0.25) is 0 Å². The monoisotopic (exact) mass is 408 g/mol. The molecule has 3 aromatic rings. The number of hydrogen-bond donors (Lipinski definition) is 1. The largest absolute Gasteiger partial charge is 0.416 e. The normalized spacial score (nSPS) is 20.8. The van der Waals surface area contributed by atoms with Gasteiger partial charge in [0.2, 0.25) is 10.1 Å². The molecule has 5 nitrogen and oxygen atoms in total. The number of benzene rings is 1. The van der Waals surface area contributed by atoms with Crippen molar-refractivity contribution in [2.75, 3.05) is 5.32 Å². The third kappa shape index (κ3) is 3.76. The van der Waals surface area contributed by atoms with Gasteiger partial charge in [-0.2, -0.15) is 17.7 Å². The number of fused-ring (bicyclic) bond motifs is 1. The van der Waals surface area contributed by atoms with Gasteiger partial charge in [0.25, 0.3) is 5.56 Å². The third-order valence-electron chi connectivity index (χ3n) is 5.16. The van der Waals surface area contributed by atoms with Gasteiger partial charge in [-0.15, -0.1) is 5.10 Å². The van der Waals surface area contributed by atoms with Crippen LogP contribution in [0.5, 0.6) is 0 Å². The smallest absolute Gasteiger partial charge is 0.357 e. The molecule has 2 aromatic heterocycles. The van der Waals surface area contributed by atoms with E-state index in [1.807, 2.05) is 0 Å². The highest BCUT2D eigenvalue weighted by molar-refractivity contribution is 7.20. The van der Waals surface area contributed by atoms with Crippen LogP contribution in [0.4, 0.5) is 18.3 Å². The molecule has 1 aliphatic rings. The van der Waals surface area contributed by atoms with E-state index in [1.54, 1.807) is 12.1 Å². The van der Waals surface area contributed by atoms with Crippen molar-refractivity contribution < 1.29 is 13.2 Å². The summed E-state index contributed by atoms with van der Waals surface area (Å²) in [6, 6.07) is 6.95. The summed E-state index contributed by atoms with van der Waals surface area (Å²) in [6.45, 7) is 0. The molecule has 1 fully saturated rings. The molecular formula is C19H19F3N4OS. The highest BCUT2D eigenvalue weighted by Gasteiger charge is 2.37. The Balaban J connectivity index is 1.70. The number of nitrogens with zero attached hydrogens (tertiary/aromatic N) is 3. The van der Waals surface area contributed by atoms with E-state index in [1.165, 1.54) is 34.2 Å². The van der Waals surface area contributed by atoms with Gasteiger partial charge in [-0.3, -0.25) is 4.79 Å². The zero-order chi connectivity index (χ0) is 19.7. The van der Waals surface area contributed by atoms with E-state index in [4.69, 9.17) is 0 Å². The second-order valence-corrected chi connectivity index (χ2v) is 7.92. The number of nitrogens with one attached hydrogen (secondary N) is 1. The molecule has 0 aliphatic heterocycles. The van der Waals surface area contributed by atoms with E-state index in [-0.39, 0.29) is 17.5 Å². The lowest BCUT2D eigenvalue weighted by atomic mass is 9.84. The SMILES string of the molecule is O=c1ccnc2sc(N[C@H]3CCCCC[C@H]3c3ccccc3C(F)(F)F)nn12. The summed E-state index contributed by atoms with van der Waals surface area (Å²) in [7, 11) is 0. The molecule has 0 bridgehead atoms. The summed E-state index contributed by atoms with van der Waals surface area (Å²) >= 11 is 1.23. The van der Waals surface area contributed by atoms with E-state index in [9.17, 15) is 18.0 Å². The molecule has 0 amide bonds. The fourth-order valence-corrected chi connectivity index (χ4v) is 4.73. The topological polar surface area (TPSA) is 59.3 Å². The summed E-state index contributed by atoms with van der Waals surface area (Å²) in [6.07, 6.45) is 1.27. The summed E-state index contributed by atoms with van der Waals surface area (Å²) < 4.78 is 41.9. The van der Waals surface area contributed by atoms with Crippen LogP contribution in [0.15, 0.2) is 41.3 Å². The summed E-state index contributed by atoms with van der Waals surface area (Å²) in [5.41, 5.74) is -0.532. The molecule has 28 heavy (non-hydrogen) atoms. The molecule has 1 saturated carbocycles. The van der Waals surface area contributed by atoms with Crippen molar-refractivity contribution in [3.8, 4) is 0 Å². The molecule has 1 N–H and O–H groups in total. The summed E-state index contributed by atoms with van der Waals surface area (Å²) in [5, 5.41) is 8.07. The average Bonchev–Trinajstić information content (AvgIpc) is 2.93. The van der Waals surface area contributed by atoms with E-state index in [2.05, 4.69) is 15.4 Å². The Labute approximate surface area is 163 Å². The summed E-state index contributed by atoms with van der Waals surface area (Å²) in [4.78, 5) is 16.5. The average molecular weight is 408 g/mol. The van der Waals surface area contributed by atoms with Gasteiger partial charge in [0.05, 0.1) is 5.56 Å². The predicted molar refractivity (Wildman–Crippen MR) is 102 cm³/mol. The quantitative estimate of drug-likeness (QED) is 0.639. The third-order valence-corrected chi connectivity index (χ3v) is 6.02. The predicted octanol–water partition coefficient (Wildman–Crippen LogP) is 4.70. The molecule has 4 rings (SSSR count). The van der Waals surface area contributed by atoms with Gasteiger partial charge in [-0.25, -0.2) is 4.98 Å². The number of anilines is 1. The molecule has 0 spiro atoms. The highest BCUT2D eigenvalue weighted by Crippen LogP contribution is 2.41. The highest BCUT2D eigenvalue weighted by atomic mass is 32.1. The first-order chi connectivity index (χ1) is 13.4. The Bertz CT molecular complexity index is 1030. The van der Waals surface area contributed by atoms with E-state index >= 15 is 0 Å². The first kappa shape index (κ1) is 18.9. The van der Waals surface area contributed by atoms with Crippen molar-refractivity contribution in [1.29, 1.82) is 0 Å². The van der Waals surface area contributed by atoms with Gasteiger partial charge in [-0.1, -0.05) is 48.8 Å². The van der Waals surface area contributed by atoms with Gasteiger partial charge >= 0.3 is 6.18 Å². The van der Waals surface area contributed by atoms with Gasteiger partial charge < -0.3 is 5.32 Å². The zero-order valence-electron chi connectivity index (χ0n) is 14.9. The van der Waals surface area contributed by atoms with Gasteiger partial charge in [0.15, 0.2) is 0 Å². The van der Waals surface area contributed by atoms with E-state index < -0.39 is 11.7 Å². The van der Waals surface area contributed by atoms with Crippen molar-refractivity contribution in [2.45, 2.75) is 50.2 Å². The van der Waals surface area contributed by atoms with Crippen molar-refractivity contribution in [3.05, 3.63) is 58.0 Å². The maximum Gasteiger partial charge on any atom is 0.416 e. The lowest BCUT2D eigenvalue weighted by Crippen LogP contribution is -2.28. The number of alkyl halides is 3. The van der Waals surface area contributed by atoms with Crippen LogP contribution in [0.1, 0.15) is 49.1 Å². The maximum atomic E-state index is 13.6. The summed E-state index contributed by atoms with van der Waals surface area (Å²) in [5.74, 6) is -0.281. The fourth-order valence-electron chi connectivity index (χ4n) is 3.89. The minimum atomic E-state index is -4.39. The number of rotatable bonds is 3. The van der Waals surface area contributed by atoms with Crippen LogP contribution in [-0.2, 0) is 6.18 Å². The lowest BCUT2D eigenvalue weighted by molar-refractivity contribution is -0.138. The van der Waals surface area contributed by atoms with Crippen LogP contribution in [-0.4, -0.2) is 20.6 Å². The first-order valence-electron chi connectivity index (χ1n) is 9.21. The Morgan fingerprint density at radius 3 is 2.68 bits per heavy atom. The second kappa shape index (κ2) is 7.54. The standard InChI is InChI=1S/C19H19F3N4OS/c20-19(21,22)14-8-5-4-6-12(14)13-7-2-1-3-9-15(13)24-17-25-26-16(27)10-11-23-18(26)28-17/h4-6,8,10-11,13,15H,1-3,7,9H2,(H,24,25)/t13-,15-/m0/s1. The minimum absolute atomic E-state index is 0.192. The van der Waals surface area contributed by atoms with E-state index in [0.29, 0.717) is 22.1 Å². The molecule has 0 unspecified atom stereocenters. The van der Waals surface area contributed by atoms with Crippen LogP contribution in [0.3, 0.4) is 0 Å². The zero-order valence-corrected chi connectivity index (χ0v) is 15.8. The Morgan fingerprint density at radius 1 is 1.11 bits per heavy atom. The van der Waals surface area contributed by atoms with Crippen molar-refractivity contribution in [3.63, 3.8) is 0 Å². The molecule has 9 heteroatoms. The first-order valence-corrected chi connectivity index (χ1v) is 10.0. The Hall–Kier alpha value is -2.42. The van der Waals surface area contributed by atoms with Gasteiger partial charge in [-0.05, 0) is 24.5 Å². The van der Waals surface area contributed by atoms with Crippen molar-refractivity contribution in [2.24, 2.45) is 0 Å². The van der Waals surface area contributed by atoms with Crippen LogP contribution < -0.4 is 10.9 Å². The van der Waals surface area contributed by atoms with Crippen LogP contribution >= 0.6 is 11.3 Å². The number of aromatic nitrogens is 3. The maximum absolute atomic E-state index is 13.6. The van der Waals surface area contributed by atoms with Gasteiger partial charge in [0, 0.05) is 24.2 Å². The molecule has 2 heterocycles. The minimum Gasteiger partial charge on any atom is -0.357 e. The lowest BCUT2D eigenvalue weighted by Gasteiger charge is -2.28. The molecule has 1 aromatic carbocycles. The molecule has 0 radical (unpaired) electrons. The Morgan fingerprint density at radius 2 is 1.89 bits per heavy atom. The van der Waals surface area contributed by atoms with Crippen molar-refractivity contribution >= 4 is 21.4 Å². The van der Waals surface area contributed by atoms with Crippen LogP contribution in [0.25, 0.3) is 4.96 Å². The molecule has 148 valence electrons. The van der Waals surface area contributed by atoms with Gasteiger partial charge in [0.1, 0.15) is 0 Å². The van der Waals surface area contributed by atoms with Crippen molar-refractivity contribution in [1.82, 2.24) is 14.6 Å². The fraction of sp³-hybridized carbons (Fsp3) is 0.421. The van der Waals surface area contributed by atoms with Crippen LogP contribution in [0, 0.1) is 0 Å². The molecular weight excluding hydrogens is 389 g/mol. The Kier molecular flexibility index (Phi) is 5.09. The second-order valence-electron chi connectivity index (χ2n) is 6.97. The van der Waals surface area contributed by atoms with E-state index in [0.717, 1.165) is 31.7 Å². The number of halogens is 3. The molecule has 2 atom stereocenters. The molecule has 0 saturated heterocycles. The molecule has 1 aliphatic carbocycles.